The smallest absolute Gasteiger partial charge is 0.225 e. The summed E-state index contributed by atoms with van der Waals surface area (Å²) in [6.07, 6.45) is 6.09. The van der Waals surface area contributed by atoms with Gasteiger partial charge in [-0.3, -0.25) is 4.79 Å². The molecule has 3 rings (SSSR count). The lowest BCUT2D eigenvalue weighted by atomic mass is 9.92. The van der Waals surface area contributed by atoms with E-state index >= 15 is 0 Å². The van der Waals surface area contributed by atoms with Crippen LogP contribution in [0.2, 0.25) is 0 Å². The maximum Gasteiger partial charge on any atom is 0.225 e. The molecule has 19 heavy (non-hydrogen) atoms. The molecule has 102 valence electrons. The Morgan fingerprint density at radius 3 is 2.74 bits per heavy atom. The summed E-state index contributed by atoms with van der Waals surface area (Å²) in [5.74, 6) is 1.56. The average molecular weight is 260 g/mol. The van der Waals surface area contributed by atoms with Crippen LogP contribution in [0.4, 0.5) is 5.95 Å². The average Bonchev–Trinajstić information content (AvgIpc) is 2.83. The fourth-order valence-electron chi connectivity index (χ4n) is 3.22. The number of hydrogen-bond acceptors (Lipinski definition) is 4. The molecule has 0 radical (unpaired) electrons. The lowest BCUT2D eigenvalue weighted by molar-refractivity contribution is -0.127. The number of anilines is 1. The van der Waals surface area contributed by atoms with Crippen LogP contribution >= 0.6 is 0 Å². The number of nitrogens with zero attached hydrogens (tertiary/aromatic N) is 4. The Labute approximate surface area is 113 Å². The standard InChI is InChI=1S/C14H20N4O/c1-10-6-15-14(16-7-10)18-5-3-4-12-8-17(11(2)19)9-13(12)18/h6-7,12-13H,3-5,8-9H2,1-2H3/t12-,13+/m1/s1. The molecular formula is C14H20N4O. The molecule has 5 heteroatoms. The van der Waals surface area contributed by atoms with Gasteiger partial charge < -0.3 is 9.80 Å². The van der Waals surface area contributed by atoms with E-state index in [1.165, 1.54) is 6.42 Å². The first-order valence-corrected chi connectivity index (χ1v) is 6.96. The minimum absolute atomic E-state index is 0.180. The van der Waals surface area contributed by atoms with E-state index in [0.29, 0.717) is 12.0 Å². The predicted octanol–water partition coefficient (Wildman–Crippen LogP) is 1.23. The topological polar surface area (TPSA) is 49.3 Å². The maximum absolute atomic E-state index is 11.6. The van der Waals surface area contributed by atoms with Crippen molar-refractivity contribution in [1.82, 2.24) is 14.9 Å². The molecule has 0 spiro atoms. The fraction of sp³-hybridized carbons (Fsp3) is 0.643. The molecule has 2 aliphatic heterocycles. The highest BCUT2D eigenvalue weighted by Crippen LogP contribution is 2.32. The van der Waals surface area contributed by atoms with Crippen molar-refractivity contribution in [3.63, 3.8) is 0 Å². The van der Waals surface area contributed by atoms with Gasteiger partial charge in [-0.05, 0) is 31.2 Å². The van der Waals surface area contributed by atoms with Gasteiger partial charge in [0.05, 0.1) is 6.04 Å². The summed E-state index contributed by atoms with van der Waals surface area (Å²) in [6.45, 7) is 6.36. The fourth-order valence-corrected chi connectivity index (χ4v) is 3.22. The zero-order valence-corrected chi connectivity index (χ0v) is 11.5. The Kier molecular flexibility index (Phi) is 3.12. The number of rotatable bonds is 1. The van der Waals surface area contributed by atoms with Crippen molar-refractivity contribution >= 4 is 11.9 Å². The molecule has 0 aliphatic carbocycles. The molecule has 0 N–H and O–H groups in total. The van der Waals surface area contributed by atoms with E-state index in [4.69, 9.17) is 0 Å². The number of aromatic nitrogens is 2. The molecule has 2 aliphatic rings. The molecule has 0 aromatic carbocycles. The minimum atomic E-state index is 0.180. The summed E-state index contributed by atoms with van der Waals surface area (Å²) in [6, 6.07) is 0.389. The van der Waals surface area contributed by atoms with Gasteiger partial charge in [0.15, 0.2) is 0 Å². The van der Waals surface area contributed by atoms with Crippen LogP contribution in [-0.4, -0.2) is 46.5 Å². The largest absolute Gasteiger partial charge is 0.341 e. The molecule has 1 amide bonds. The summed E-state index contributed by atoms with van der Waals surface area (Å²) in [4.78, 5) is 24.7. The van der Waals surface area contributed by atoms with Crippen molar-refractivity contribution < 1.29 is 4.79 Å². The third-order valence-electron chi connectivity index (χ3n) is 4.25. The summed E-state index contributed by atoms with van der Waals surface area (Å²) < 4.78 is 0. The van der Waals surface area contributed by atoms with Crippen molar-refractivity contribution in [1.29, 1.82) is 0 Å². The van der Waals surface area contributed by atoms with E-state index in [-0.39, 0.29) is 5.91 Å². The summed E-state index contributed by atoms with van der Waals surface area (Å²) >= 11 is 0. The van der Waals surface area contributed by atoms with Crippen LogP contribution in [0.1, 0.15) is 25.3 Å². The van der Waals surface area contributed by atoms with E-state index in [1.54, 1.807) is 6.92 Å². The molecule has 5 nitrogen and oxygen atoms in total. The number of hydrogen-bond donors (Lipinski definition) is 0. The van der Waals surface area contributed by atoms with Crippen LogP contribution in [0.15, 0.2) is 12.4 Å². The van der Waals surface area contributed by atoms with Crippen LogP contribution in [-0.2, 0) is 4.79 Å². The highest BCUT2D eigenvalue weighted by molar-refractivity contribution is 5.73. The summed E-state index contributed by atoms with van der Waals surface area (Å²) in [5.41, 5.74) is 1.08. The quantitative estimate of drug-likeness (QED) is 0.762. The number of amides is 1. The van der Waals surface area contributed by atoms with Crippen molar-refractivity contribution in [2.75, 3.05) is 24.5 Å². The predicted molar refractivity (Wildman–Crippen MR) is 72.9 cm³/mol. The Morgan fingerprint density at radius 2 is 2.05 bits per heavy atom. The number of aryl methyl sites for hydroxylation is 1. The van der Waals surface area contributed by atoms with Gasteiger partial charge in [-0.1, -0.05) is 0 Å². The van der Waals surface area contributed by atoms with Gasteiger partial charge >= 0.3 is 0 Å². The van der Waals surface area contributed by atoms with Gasteiger partial charge in [0.1, 0.15) is 0 Å². The van der Waals surface area contributed by atoms with Gasteiger partial charge in [0.2, 0.25) is 11.9 Å². The van der Waals surface area contributed by atoms with Crippen molar-refractivity contribution in [2.24, 2.45) is 5.92 Å². The van der Waals surface area contributed by atoms with Crippen molar-refractivity contribution in [3.05, 3.63) is 18.0 Å². The van der Waals surface area contributed by atoms with Crippen molar-refractivity contribution in [2.45, 2.75) is 32.7 Å². The Morgan fingerprint density at radius 1 is 1.32 bits per heavy atom. The van der Waals surface area contributed by atoms with Gasteiger partial charge in [-0.25, -0.2) is 9.97 Å². The second-order valence-corrected chi connectivity index (χ2v) is 5.65. The van der Waals surface area contributed by atoms with Crippen LogP contribution < -0.4 is 4.90 Å². The van der Waals surface area contributed by atoms with E-state index in [9.17, 15) is 4.79 Å². The Bertz CT molecular complexity index is 473. The van der Waals surface area contributed by atoms with E-state index in [2.05, 4.69) is 14.9 Å². The lowest BCUT2D eigenvalue weighted by Crippen LogP contribution is -2.46. The number of fused-ring (bicyclic) bond motifs is 1. The first-order chi connectivity index (χ1) is 9.15. The SMILES string of the molecule is CC(=O)N1C[C@H]2CCCN(c3ncc(C)cn3)[C@H]2C1. The summed E-state index contributed by atoms with van der Waals surface area (Å²) in [7, 11) is 0. The number of carbonyl (C=O) groups is 1. The minimum Gasteiger partial charge on any atom is -0.341 e. The van der Waals surface area contributed by atoms with Crippen LogP contribution in [0, 0.1) is 12.8 Å². The molecular weight excluding hydrogens is 240 g/mol. The maximum atomic E-state index is 11.6. The van der Waals surface area contributed by atoms with Gasteiger partial charge in [0.25, 0.3) is 0 Å². The first-order valence-electron chi connectivity index (χ1n) is 6.96. The molecule has 2 fully saturated rings. The molecule has 0 saturated carbocycles. The molecule has 2 saturated heterocycles. The van der Waals surface area contributed by atoms with Gasteiger partial charge in [-0.2, -0.15) is 0 Å². The van der Waals surface area contributed by atoms with E-state index < -0.39 is 0 Å². The highest BCUT2D eigenvalue weighted by atomic mass is 16.2. The molecule has 3 heterocycles. The lowest BCUT2D eigenvalue weighted by Gasteiger charge is -2.36. The Hall–Kier alpha value is -1.65. The molecule has 1 aromatic rings. The highest BCUT2D eigenvalue weighted by Gasteiger charge is 2.40. The second kappa shape index (κ2) is 4.79. The zero-order valence-electron chi connectivity index (χ0n) is 11.5. The molecule has 0 unspecified atom stereocenters. The summed E-state index contributed by atoms with van der Waals surface area (Å²) in [5, 5.41) is 0. The normalized spacial score (nSPS) is 26.4. The van der Waals surface area contributed by atoms with Gasteiger partial charge in [0, 0.05) is 39.0 Å². The van der Waals surface area contributed by atoms with E-state index in [0.717, 1.165) is 37.6 Å². The number of likely N-dealkylation sites (tertiary alicyclic amines) is 1. The van der Waals surface area contributed by atoms with E-state index in [1.807, 2.05) is 24.2 Å². The third-order valence-corrected chi connectivity index (χ3v) is 4.25. The molecule has 0 bridgehead atoms. The molecule has 2 atom stereocenters. The van der Waals surface area contributed by atoms with Crippen LogP contribution in [0.25, 0.3) is 0 Å². The number of piperidine rings is 1. The Balaban J connectivity index is 1.82. The second-order valence-electron chi connectivity index (χ2n) is 5.65. The van der Waals surface area contributed by atoms with Crippen molar-refractivity contribution in [3.8, 4) is 0 Å². The zero-order chi connectivity index (χ0) is 13.4. The number of carbonyl (C=O) groups excluding carboxylic acids is 1. The third kappa shape index (κ3) is 2.29. The van der Waals surface area contributed by atoms with Crippen LogP contribution in [0.5, 0.6) is 0 Å². The first kappa shape index (κ1) is 12.4. The molecule has 1 aromatic heterocycles. The van der Waals surface area contributed by atoms with Gasteiger partial charge in [-0.15, -0.1) is 0 Å². The monoisotopic (exact) mass is 260 g/mol. The van der Waals surface area contributed by atoms with Crippen LogP contribution in [0.3, 0.4) is 0 Å².